The Balaban J connectivity index is 2.56. The van der Waals surface area contributed by atoms with E-state index in [9.17, 15) is 9.59 Å². The molecule has 0 bridgehead atoms. The van der Waals surface area contributed by atoms with Gasteiger partial charge in [-0.3, -0.25) is 9.59 Å². The maximum Gasteiger partial charge on any atom is 0.255 e. The molecule has 0 aliphatic carbocycles. The summed E-state index contributed by atoms with van der Waals surface area (Å²) >= 11 is 0. The van der Waals surface area contributed by atoms with Crippen molar-refractivity contribution in [3.8, 4) is 5.75 Å². The first kappa shape index (κ1) is 15.0. The lowest BCUT2D eigenvalue weighted by Gasteiger charge is -2.10. The summed E-state index contributed by atoms with van der Waals surface area (Å²) in [5, 5.41) is 13.5. The van der Waals surface area contributed by atoms with Crippen LogP contribution >= 0.6 is 0 Å². The number of hydrogen-bond donors (Lipinski definition) is 3. The molecule has 0 heterocycles. The second-order valence-electron chi connectivity index (χ2n) is 3.69. The van der Waals surface area contributed by atoms with Gasteiger partial charge in [0.05, 0.1) is 25.3 Å². The molecule has 19 heavy (non-hydrogen) atoms. The minimum atomic E-state index is -0.372. The Morgan fingerprint density at radius 3 is 2.68 bits per heavy atom. The quantitative estimate of drug-likeness (QED) is 0.644. The molecule has 1 aromatic rings. The summed E-state index contributed by atoms with van der Waals surface area (Å²) in [6.07, 6.45) is 0. The third-order valence-corrected chi connectivity index (χ3v) is 2.28. The summed E-state index contributed by atoms with van der Waals surface area (Å²) in [5.74, 6) is -0.238. The van der Waals surface area contributed by atoms with Crippen molar-refractivity contribution in [3.63, 3.8) is 0 Å². The lowest BCUT2D eigenvalue weighted by molar-refractivity contribution is -0.120. The second-order valence-corrected chi connectivity index (χ2v) is 3.69. The Kier molecular flexibility index (Phi) is 6.38. The summed E-state index contributed by atoms with van der Waals surface area (Å²) in [4.78, 5) is 23.2. The van der Waals surface area contributed by atoms with Crippen LogP contribution in [0.2, 0.25) is 0 Å². The molecule has 0 atom stereocenters. The van der Waals surface area contributed by atoms with Gasteiger partial charge in [0.15, 0.2) is 0 Å². The zero-order valence-electron chi connectivity index (χ0n) is 10.8. The van der Waals surface area contributed by atoms with Crippen molar-refractivity contribution in [2.24, 2.45) is 0 Å². The van der Waals surface area contributed by atoms with Crippen molar-refractivity contribution < 1.29 is 19.4 Å². The van der Waals surface area contributed by atoms with E-state index in [0.29, 0.717) is 17.9 Å². The first-order valence-corrected chi connectivity index (χ1v) is 6.06. The van der Waals surface area contributed by atoms with Gasteiger partial charge in [0.1, 0.15) is 5.75 Å². The summed E-state index contributed by atoms with van der Waals surface area (Å²) in [5.41, 5.74) is 0.388. The van der Waals surface area contributed by atoms with Crippen molar-refractivity contribution >= 4 is 11.8 Å². The van der Waals surface area contributed by atoms with Crippen LogP contribution in [0.5, 0.6) is 5.75 Å². The third-order valence-electron chi connectivity index (χ3n) is 2.28. The van der Waals surface area contributed by atoms with Gasteiger partial charge >= 0.3 is 0 Å². The molecule has 0 saturated heterocycles. The number of ether oxygens (including phenoxy) is 1. The van der Waals surface area contributed by atoms with Crippen LogP contribution in [0.15, 0.2) is 24.3 Å². The Labute approximate surface area is 111 Å². The van der Waals surface area contributed by atoms with Gasteiger partial charge in [-0.15, -0.1) is 0 Å². The standard InChI is InChI=1S/C13H18N2O4/c1-2-19-11-6-4-3-5-10(11)13(18)15-9-12(17)14-7-8-16/h3-6,16H,2,7-9H2,1H3,(H,14,17)(H,15,18). The van der Waals surface area contributed by atoms with Crippen molar-refractivity contribution in [2.45, 2.75) is 6.92 Å². The minimum absolute atomic E-state index is 0.132. The first-order chi connectivity index (χ1) is 9.19. The third kappa shape index (κ3) is 4.97. The monoisotopic (exact) mass is 266 g/mol. The van der Waals surface area contributed by atoms with E-state index >= 15 is 0 Å². The number of nitrogens with one attached hydrogen (secondary N) is 2. The van der Waals surface area contributed by atoms with E-state index < -0.39 is 0 Å². The lowest BCUT2D eigenvalue weighted by Crippen LogP contribution is -2.38. The largest absolute Gasteiger partial charge is 0.493 e. The lowest BCUT2D eigenvalue weighted by atomic mass is 10.2. The summed E-state index contributed by atoms with van der Waals surface area (Å²) in [6, 6.07) is 6.83. The smallest absolute Gasteiger partial charge is 0.255 e. The number of amides is 2. The van der Waals surface area contributed by atoms with Crippen molar-refractivity contribution in [2.75, 3.05) is 26.3 Å². The van der Waals surface area contributed by atoms with Gasteiger partial charge in [-0.25, -0.2) is 0 Å². The molecular weight excluding hydrogens is 248 g/mol. The minimum Gasteiger partial charge on any atom is -0.493 e. The highest BCUT2D eigenvalue weighted by Crippen LogP contribution is 2.17. The summed E-state index contributed by atoms with van der Waals surface area (Å²) in [7, 11) is 0. The van der Waals surface area contributed by atoms with E-state index in [0.717, 1.165) is 0 Å². The Morgan fingerprint density at radius 2 is 2.00 bits per heavy atom. The molecule has 0 aliphatic rings. The van der Waals surface area contributed by atoms with Crippen LogP contribution in [-0.4, -0.2) is 43.2 Å². The topological polar surface area (TPSA) is 87.7 Å². The molecule has 0 radical (unpaired) electrons. The van der Waals surface area contributed by atoms with Gasteiger partial charge in [0.25, 0.3) is 5.91 Å². The van der Waals surface area contributed by atoms with Crippen LogP contribution in [0.1, 0.15) is 17.3 Å². The highest BCUT2D eigenvalue weighted by molar-refractivity contribution is 5.98. The fourth-order valence-corrected chi connectivity index (χ4v) is 1.45. The molecule has 104 valence electrons. The molecule has 6 heteroatoms. The summed E-state index contributed by atoms with van der Waals surface area (Å²) < 4.78 is 5.34. The fraction of sp³-hybridized carbons (Fsp3) is 0.385. The van der Waals surface area contributed by atoms with Gasteiger partial charge < -0.3 is 20.5 Å². The number of aliphatic hydroxyl groups excluding tert-OH is 1. The second kappa shape index (κ2) is 8.10. The summed E-state index contributed by atoms with van der Waals surface area (Å²) in [6.45, 7) is 2.19. The van der Waals surface area contributed by atoms with Crippen molar-refractivity contribution in [3.05, 3.63) is 29.8 Å². The maximum atomic E-state index is 11.9. The highest BCUT2D eigenvalue weighted by Gasteiger charge is 2.12. The van der Waals surface area contributed by atoms with E-state index in [1.165, 1.54) is 0 Å². The van der Waals surface area contributed by atoms with Gasteiger partial charge in [0.2, 0.25) is 5.91 Å². The zero-order valence-corrected chi connectivity index (χ0v) is 10.8. The SMILES string of the molecule is CCOc1ccccc1C(=O)NCC(=O)NCCO. The number of para-hydroxylation sites is 1. The average molecular weight is 266 g/mol. The van der Waals surface area contributed by atoms with Crippen LogP contribution < -0.4 is 15.4 Å². The number of carbonyl (C=O) groups excluding carboxylic acids is 2. The Morgan fingerprint density at radius 1 is 1.26 bits per heavy atom. The van der Waals surface area contributed by atoms with E-state index in [1.807, 2.05) is 6.92 Å². The molecular formula is C13H18N2O4. The van der Waals surface area contributed by atoms with E-state index in [-0.39, 0.29) is 31.5 Å². The van der Waals surface area contributed by atoms with Crippen LogP contribution in [0.25, 0.3) is 0 Å². The molecule has 6 nitrogen and oxygen atoms in total. The molecule has 0 aliphatic heterocycles. The number of hydrogen-bond acceptors (Lipinski definition) is 4. The normalized spacial score (nSPS) is 9.79. The number of rotatable bonds is 7. The van der Waals surface area contributed by atoms with Crippen LogP contribution in [-0.2, 0) is 4.79 Å². The molecule has 0 saturated carbocycles. The van der Waals surface area contributed by atoms with E-state index in [4.69, 9.17) is 9.84 Å². The van der Waals surface area contributed by atoms with Crippen LogP contribution in [0.3, 0.4) is 0 Å². The van der Waals surface area contributed by atoms with E-state index in [1.54, 1.807) is 24.3 Å². The van der Waals surface area contributed by atoms with Gasteiger partial charge in [-0.1, -0.05) is 12.1 Å². The van der Waals surface area contributed by atoms with Crippen LogP contribution in [0, 0.1) is 0 Å². The first-order valence-electron chi connectivity index (χ1n) is 6.06. The maximum absolute atomic E-state index is 11.9. The van der Waals surface area contributed by atoms with Gasteiger partial charge in [0, 0.05) is 6.54 Å². The van der Waals surface area contributed by atoms with Crippen molar-refractivity contribution in [1.82, 2.24) is 10.6 Å². The number of benzene rings is 1. The predicted octanol–water partition coefficient (Wildman–Crippen LogP) is -0.0764. The molecule has 0 fully saturated rings. The Bertz CT molecular complexity index is 434. The molecule has 0 aromatic heterocycles. The molecule has 2 amide bonds. The van der Waals surface area contributed by atoms with E-state index in [2.05, 4.69) is 10.6 Å². The van der Waals surface area contributed by atoms with Crippen LogP contribution in [0.4, 0.5) is 0 Å². The highest BCUT2D eigenvalue weighted by atomic mass is 16.5. The van der Waals surface area contributed by atoms with Crippen molar-refractivity contribution in [1.29, 1.82) is 0 Å². The molecule has 3 N–H and O–H groups in total. The molecule has 0 spiro atoms. The predicted molar refractivity (Wildman–Crippen MR) is 70.0 cm³/mol. The zero-order chi connectivity index (χ0) is 14.1. The van der Waals surface area contributed by atoms with Gasteiger partial charge in [-0.05, 0) is 19.1 Å². The fourth-order valence-electron chi connectivity index (χ4n) is 1.45. The molecule has 0 unspecified atom stereocenters. The molecule has 1 rings (SSSR count). The molecule has 1 aromatic carbocycles. The van der Waals surface area contributed by atoms with Gasteiger partial charge in [-0.2, -0.15) is 0 Å². The Hall–Kier alpha value is -2.08. The average Bonchev–Trinajstić information content (AvgIpc) is 2.43. The number of carbonyl (C=O) groups is 2. The number of aliphatic hydroxyl groups is 1.